The zero-order valence-corrected chi connectivity index (χ0v) is 20.6. The van der Waals surface area contributed by atoms with Gasteiger partial charge in [0.1, 0.15) is 18.1 Å². The molecular weight excluding hydrogens is 494 g/mol. The number of nitrogens with zero attached hydrogens (tertiary/aromatic N) is 2. The first-order chi connectivity index (χ1) is 15.4. The second kappa shape index (κ2) is 9.75. The maximum absolute atomic E-state index is 12.6. The maximum Gasteiger partial charge on any atom is 0.263 e. The highest BCUT2D eigenvalue weighted by Crippen LogP contribution is 2.37. The summed E-state index contributed by atoms with van der Waals surface area (Å²) in [5.41, 5.74) is 0.275. The normalized spacial score (nSPS) is 16.2. The summed E-state index contributed by atoms with van der Waals surface area (Å²) in [7, 11) is -4.30. The van der Waals surface area contributed by atoms with Gasteiger partial charge >= 0.3 is 0 Å². The van der Waals surface area contributed by atoms with Crippen molar-refractivity contribution in [2.45, 2.75) is 11.0 Å². The Morgan fingerprint density at radius 1 is 1.18 bits per heavy atom. The molecule has 2 aromatic carbocycles. The molecule has 3 rings (SSSR count). The van der Waals surface area contributed by atoms with E-state index in [0.29, 0.717) is 10.8 Å². The highest BCUT2D eigenvalue weighted by atomic mass is 35.5. The Bertz CT molecular complexity index is 1230. The molecule has 0 aromatic heterocycles. The lowest BCUT2D eigenvalue weighted by molar-refractivity contribution is -0.127. The van der Waals surface area contributed by atoms with E-state index in [9.17, 15) is 21.6 Å². The molecule has 0 spiro atoms. The Morgan fingerprint density at radius 3 is 2.45 bits per heavy atom. The van der Waals surface area contributed by atoms with Gasteiger partial charge in [0.05, 0.1) is 29.9 Å². The van der Waals surface area contributed by atoms with E-state index in [4.69, 9.17) is 21.1 Å². The Labute approximate surface area is 198 Å². The number of fused-ring (bicyclic) bond motifs is 1. The van der Waals surface area contributed by atoms with Gasteiger partial charge in [-0.1, -0.05) is 11.6 Å². The average molecular weight is 518 g/mol. The molecular formula is C20H24ClN3O7S2. The molecule has 1 aliphatic heterocycles. The minimum atomic E-state index is -3.66. The summed E-state index contributed by atoms with van der Waals surface area (Å²) in [5.74, 6) is 0.172. The molecule has 1 N–H and O–H groups in total. The van der Waals surface area contributed by atoms with Gasteiger partial charge in [0.25, 0.3) is 5.91 Å². The molecule has 0 fully saturated rings. The molecule has 1 atom stereocenters. The molecule has 2 aromatic rings. The van der Waals surface area contributed by atoms with Crippen molar-refractivity contribution >= 4 is 43.2 Å². The molecule has 13 heteroatoms. The van der Waals surface area contributed by atoms with E-state index in [-0.39, 0.29) is 36.0 Å². The largest absolute Gasteiger partial charge is 0.492 e. The topological polar surface area (TPSA) is 122 Å². The first kappa shape index (κ1) is 25.1. The van der Waals surface area contributed by atoms with Gasteiger partial charge < -0.3 is 14.8 Å². The van der Waals surface area contributed by atoms with Crippen LogP contribution in [0.5, 0.6) is 11.5 Å². The van der Waals surface area contributed by atoms with E-state index < -0.39 is 32.1 Å². The number of sulfonamides is 2. The van der Waals surface area contributed by atoms with Gasteiger partial charge in [0, 0.05) is 19.1 Å². The summed E-state index contributed by atoms with van der Waals surface area (Å²) in [6.45, 7) is 0.0453. The van der Waals surface area contributed by atoms with Crippen LogP contribution in [0.2, 0.25) is 5.02 Å². The minimum Gasteiger partial charge on any atom is -0.492 e. The summed E-state index contributed by atoms with van der Waals surface area (Å²) in [5, 5.41) is 2.99. The van der Waals surface area contributed by atoms with Gasteiger partial charge in [-0.2, -0.15) is 0 Å². The van der Waals surface area contributed by atoms with Crippen molar-refractivity contribution in [3.8, 4) is 11.5 Å². The standard InChI is InChI=1S/C20H24ClN3O7S2/c1-23(2)33(28,29)16-7-5-15(6-8-16)30-11-10-22-20(25)19-13-24(32(3,26)27)17-12-14(21)4-9-18(17)31-19/h4-9,12,19H,10-11,13H2,1-3H3,(H,22,25). The molecule has 10 nitrogen and oxygen atoms in total. The van der Waals surface area contributed by atoms with Gasteiger partial charge in [-0.25, -0.2) is 21.1 Å². The molecule has 1 unspecified atom stereocenters. The van der Waals surface area contributed by atoms with Crippen LogP contribution in [0.1, 0.15) is 0 Å². The predicted molar refractivity (Wildman–Crippen MR) is 124 cm³/mol. The van der Waals surface area contributed by atoms with Crippen molar-refractivity contribution in [2.75, 3.05) is 44.4 Å². The first-order valence-corrected chi connectivity index (χ1v) is 13.4. The molecule has 0 radical (unpaired) electrons. The smallest absolute Gasteiger partial charge is 0.263 e. The van der Waals surface area contributed by atoms with Gasteiger partial charge in [0.2, 0.25) is 20.0 Å². The van der Waals surface area contributed by atoms with E-state index >= 15 is 0 Å². The number of hydrogen-bond donors (Lipinski definition) is 1. The van der Waals surface area contributed by atoms with Crippen molar-refractivity contribution in [3.63, 3.8) is 0 Å². The lowest BCUT2D eigenvalue weighted by Crippen LogP contribution is -2.51. The van der Waals surface area contributed by atoms with Gasteiger partial charge in [-0.05, 0) is 42.5 Å². The molecule has 33 heavy (non-hydrogen) atoms. The summed E-state index contributed by atoms with van der Waals surface area (Å²) in [6.07, 6.45) is -0.00940. The zero-order valence-electron chi connectivity index (χ0n) is 18.2. The van der Waals surface area contributed by atoms with Crippen LogP contribution in [-0.2, 0) is 24.8 Å². The van der Waals surface area contributed by atoms with E-state index in [1.54, 1.807) is 6.07 Å². The number of anilines is 1. The molecule has 0 bridgehead atoms. The number of carbonyl (C=O) groups excluding carboxylic acids is 1. The molecule has 0 saturated heterocycles. The maximum atomic E-state index is 12.6. The fraction of sp³-hybridized carbons (Fsp3) is 0.350. The van der Waals surface area contributed by atoms with E-state index in [1.165, 1.54) is 50.5 Å². The average Bonchev–Trinajstić information content (AvgIpc) is 2.75. The fourth-order valence-corrected chi connectivity index (χ4v) is 5.02. The Balaban J connectivity index is 1.56. The van der Waals surface area contributed by atoms with Crippen molar-refractivity contribution in [1.29, 1.82) is 0 Å². The SMILES string of the molecule is CN(C)S(=O)(=O)c1ccc(OCCNC(=O)C2CN(S(C)(=O)=O)c3cc(Cl)ccc3O2)cc1. The minimum absolute atomic E-state index is 0.111. The lowest BCUT2D eigenvalue weighted by atomic mass is 10.2. The highest BCUT2D eigenvalue weighted by Gasteiger charge is 2.35. The van der Waals surface area contributed by atoms with Crippen molar-refractivity contribution < 1.29 is 31.1 Å². The molecule has 0 saturated carbocycles. The van der Waals surface area contributed by atoms with Crippen molar-refractivity contribution in [2.24, 2.45) is 0 Å². The molecule has 1 amide bonds. The van der Waals surface area contributed by atoms with Crippen LogP contribution in [0, 0.1) is 0 Å². The van der Waals surface area contributed by atoms with Gasteiger partial charge in [0.15, 0.2) is 6.10 Å². The third-order valence-electron chi connectivity index (χ3n) is 4.76. The number of nitrogens with one attached hydrogen (secondary N) is 1. The van der Waals surface area contributed by atoms with Crippen LogP contribution in [-0.4, -0.2) is 73.2 Å². The second-order valence-corrected chi connectivity index (χ2v) is 11.9. The van der Waals surface area contributed by atoms with Crippen LogP contribution in [0.3, 0.4) is 0 Å². The number of amides is 1. The van der Waals surface area contributed by atoms with Crippen LogP contribution in [0.15, 0.2) is 47.4 Å². The van der Waals surface area contributed by atoms with Crippen LogP contribution >= 0.6 is 11.6 Å². The number of benzene rings is 2. The summed E-state index contributed by atoms with van der Waals surface area (Å²) >= 11 is 5.97. The summed E-state index contributed by atoms with van der Waals surface area (Å²) in [6, 6.07) is 10.4. The van der Waals surface area contributed by atoms with E-state index in [1.807, 2.05) is 0 Å². The van der Waals surface area contributed by atoms with Crippen molar-refractivity contribution in [3.05, 3.63) is 47.5 Å². The predicted octanol–water partition coefficient (Wildman–Crippen LogP) is 1.31. The van der Waals surface area contributed by atoms with Gasteiger partial charge in [-0.15, -0.1) is 0 Å². The van der Waals surface area contributed by atoms with Crippen molar-refractivity contribution in [1.82, 2.24) is 9.62 Å². The zero-order chi connectivity index (χ0) is 24.4. The van der Waals surface area contributed by atoms with Gasteiger partial charge in [-0.3, -0.25) is 9.10 Å². The fourth-order valence-electron chi connectivity index (χ4n) is 3.05. The molecule has 0 aliphatic carbocycles. The first-order valence-electron chi connectivity index (χ1n) is 9.76. The Kier molecular flexibility index (Phi) is 7.42. The van der Waals surface area contributed by atoms with E-state index in [2.05, 4.69) is 5.32 Å². The highest BCUT2D eigenvalue weighted by molar-refractivity contribution is 7.92. The van der Waals surface area contributed by atoms with E-state index in [0.717, 1.165) is 14.9 Å². The molecule has 1 aliphatic rings. The monoisotopic (exact) mass is 517 g/mol. The number of carbonyl (C=O) groups is 1. The number of rotatable bonds is 8. The molecule has 1 heterocycles. The number of hydrogen-bond acceptors (Lipinski definition) is 7. The third kappa shape index (κ3) is 5.88. The number of ether oxygens (including phenoxy) is 2. The lowest BCUT2D eigenvalue weighted by Gasteiger charge is -2.34. The summed E-state index contributed by atoms with van der Waals surface area (Å²) < 4.78 is 62.0. The third-order valence-corrected chi connectivity index (χ3v) is 7.97. The second-order valence-electron chi connectivity index (χ2n) is 7.41. The summed E-state index contributed by atoms with van der Waals surface area (Å²) in [4.78, 5) is 12.7. The quantitative estimate of drug-likeness (QED) is 0.524. The Morgan fingerprint density at radius 2 is 1.85 bits per heavy atom. The Hall–Kier alpha value is -2.54. The van der Waals surface area contributed by atoms with Crippen LogP contribution in [0.4, 0.5) is 5.69 Å². The number of halogens is 1. The molecule has 180 valence electrons. The van der Waals surface area contributed by atoms with Crippen LogP contribution in [0.25, 0.3) is 0 Å². The van der Waals surface area contributed by atoms with Crippen LogP contribution < -0.4 is 19.1 Å².